The highest BCUT2D eigenvalue weighted by atomic mass is 16.2. The zero-order valence-electron chi connectivity index (χ0n) is 16.0. The molecule has 4 heterocycles. The van der Waals surface area contributed by atoms with Crippen LogP contribution in [0, 0.1) is 0 Å². The monoisotopic (exact) mass is 383 g/mol. The van der Waals surface area contributed by atoms with E-state index < -0.39 is 0 Å². The SMILES string of the molecule is O=C1C(=Cc2cn(-c3ccccc3)nc2-c2cccnc2)N=C2CCCCCN12. The predicted molar refractivity (Wildman–Crippen MR) is 112 cm³/mol. The summed E-state index contributed by atoms with van der Waals surface area (Å²) in [6.45, 7) is 0.758. The molecule has 2 aliphatic heterocycles. The van der Waals surface area contributed by atoms with E-state index in [-0.39, 0.29) is 5.91 Å². The number of fused-ring (bicyclic) bond motifs is 1. The van der Waals surface area contributed by atoms with Crippen LogP contribution in [0.5, 0.6) is 0 Å². The summed E-state index contributed by atoms with van der Waals surface area (Å²) in [6.07, 6.45) is 11.5. The summed E-state index contributed by atoms with van der Waals surface area (Å²) in [7, 11) is 0. The van der Waals surface area contributed by atoms with E-state index in [1.165, 1.54) is 0 Å². The quantitative estimate of drug-likeness (QED) is 0.640. The Kier molecular flexibility index (Phi) is 4.52. The maximum Gasteiger partial charge on any atom is 0.277 e. The molecule has 0 N–H and O–H groups in total. The molecule has 6 nitrogen and oxygen atoms in total. The molecule has 1 saturated heterocycles. The molecule has 0 aliphatic carbocycles. The van der Waals surface area contributed by atoms with Gasteiger partial charge in [-0.05, 0) is 43.2 Å². The van der Waals surface area contributed by atoms with Gasteiger partial charge in [0, 0.05) is 42.7 Å². The Morgan fingerprint density at radius 1 is 1.00 bits per heavy atom. The third kappa shape index (κ3) is 3.38. The number of hydrogen-bond donors (Lipinski definition) is 0. The number of rotatable bonds is 3. The minimum Gasteiger partial charge on any atom is -0.295 e. The number of carbonyl (C=O) groups excluding carboxylic acids is 1. The maximum atomic E-state index is 12.9. The van der Waals surface area contributed by atoms with E-state index in [0.717, 1.165) is 60.6 Å². The molecule has 29 heavy (non-hydrogen) atoms. The van der Waals surface area contributed by atoms with Gasteiger partial charge in [0.1, 0.15) is 17.2 Å². The van der Waals surface area contributed by atoms with E-state index in [1.807, 2.05) is 64.3 Å². The summed E-state index contributed by atoms with van der Waals surface area (Å²) in [4.78, 5) is 23.7. The number of nitrogens with zero attached hydrogens (tertiary/aromatic N) is 5. The molecule has 1 amide bonds. The van der Waals surface area contributed by atoms with Crippen LogP contribution in [0.3, 0.4) is 0 Å². The molecule has 0 saturated carbocycles. The van der Waals surface area contributed by atoms with E-state index in [2.05, 4.69) is 9.98 Å². The lowest BCUT2D eigenvalue weighted by Crippen LogP contribution is -2.31. The van der Waals surface area contributed by atoms with Gasteiger partial charge in [-0.3, -0.25) is 14.7 Å². The molecule has 0 bridgehead atoms. The van der Waals surface area contributed by atoms with Crippen LogP contribution >= 0.6 is 0 Å². The Balaban J connectivity index is 1.60. The molecule has 3 aromatic rings. The van der Waals surface area contributed by atoms with Crippen molar-refractivity contribution in [2.45, 2.75) is 25.7 Å². The molecule has 6 heteroatoms. The van der Waals surface area contributed by atoms with E-state index >= 15 is 0 Å². The Morgan fingerprint density at radius 3 is 2.72 bits per heavy atom. The van der Waals surface area contributed by atoms with E-state index in [4.69, 9.17) is 5.10 Å². The first-order chi connectivity index (χ1) is 14.3. The molecule has 0 radical (unpaired) electrons. The molecular weight excluding hydrogens is 362 g/mol. The van der Waals surface area contributed by atoms with E-state index in [1.54, 1.807) is 12.4 Å². The van der Waals surface area contributed by atoms with Crippen molar-refractivity contribution >= 4 is 17.8 Å². The number of benzene rings is 1. The van der Waals surface area contributed by atoms with Crippen LogP contribution in [0.1, 0.15) is 31.2 Å². The van der Waals surface area contributed by atoms with Crippen LogP contribution in [0.25, 0.3) is 23.0 Å². The second-order valence-electron chi connectivity index (χ2n) is 7.28. The molecule has 0 unspecified atom stereocenters. The first kappa shape index (κ1) is 17.6. The van der Waals surface area contributed by atoms with Crippen molar-refractivity contribution in [2.24, 2.45) is 4.99 Å². The highest BCUT2D eigenvalue weighted by Gasteiger charge is 2.31. The molecular formula is C23H21N5O. The summed E-state index contributed by atoms with van der Waals surface area (Å²) in [6, 6.07) is 13.8. The summed E-state index contributed by atoms with van der Waals surface area (Å²) in [5, 5.41) is 4.78. The van der Waals surface area contributed by atoms with Crippen molar-refractivity contribution in [2.75, 3.05) is 6.54 Å². The maximum absolute atomic E-state index is 12.9. The van der Waals surface area contributed by atoms with Crippen LogP contribution in [-0.2, 0) is 4.79 Å². The second kappa shape index (κ2) is 7.47. The lowest BCUT2D eigenvalue weighted by Gasteiger charge is -2.13. The van der Waals surface area contributed by atoms with Gasteiger partial charge >= 0.3 is 0 Å². The minimum atomic E-state index is -0.00787. The van der Waals surface area contributed by atoms with Crippen LogP contribution in [0.15, 0.2) is 71.7 Å². The molecule has 0 atom stereocenters. The zero-order chi connectivity index (χ0) is 19.6. The fraction of sp³-hybridized carbons (Fsp3) is 0.217. The predicted octanol–water partition coefficient (Wildman–Crippen LogP) is 4.09. The molecule has 2 aromatic heterocycles. The number of carbonyl (C=O) groups is 1. The number of amidine groups is 1. The van der Waals surface area contributed by atoms with Gasteiger partial charge in [-0.1, -0.05) is 24.6 Å². The Hall–Kier alpha value is -3.54. The molecule has 1 fully saturated rings. The standard InChI is InChI=1S/C23H21N5O/c29-23-20(25-21-11-5-2-6-13-27(21)23)14-18-16-28(19-9-3-1-4-10-19)26-22(18)17-8-7-12-24-15-17/h1,3-4,7-10,12,14-16H,2,5-6,11,13H2. The van der Waals surface area contributed by atoms with Crippen molar-refractivity contribution in [3.63, 3.8) is 0 Å². The Morgan fingerprint density at radius 2 is 1.90 bits per heavy atom. The van der Waals surface area contributed by atoms with Gasteiger partial charge in [0.15, 0.2) is 0 Å². The van der Waals surface area contributed by atoms with Crippen LogP contribution < -0.4 is 0 Å². The zero-order valence-corrected chi connectivity index (χ0v) is 16.0. The number of amides is 1. The van der Waals surface area contributed by atoms with E-state index in [9.17, 15) is 4.79 Å². The number of aromatic nitrogens is 3. The van der Waals surface area contributed by atoms with Gasteiger partial charge in [0.2, 0.25) is 0 Å². The molecule has 5 rings (SSSR count). The lowest BCUT2D eigenvalue weighted by atomic mass is 10.1. The average molecular weight is 383 g/mol. The van der Waals surface area contributed by atoms with Gasteiger partial charge < -0.3 is 0 Å². The number of pyridine rings is 1. The fourth-order valence-electron chi connectivity index (χ4n) is 3.83. The largest absolute Gasteiger partial charge is 0.295 e. The molecule has 0 spiro atoms. The van der Waals surface area contributed by atoms with Crippen molar-refractivity contribution < 1.29 is 4.79 Å². The number of hydrogen-bond acceptors (Lipinski definition) is 4. The molecule has 144 valence electrons. The van der Waals surface area contributed by atoms with Gasteiger partial charge in [-0.2, -0.15) is 5.10 Å². The van der Waals surface area contributed by atoms with Gasteiger partial charge in [-0.25, -0.2) is 9.67 Å². The first-order valence-electron chi connectivity index (χ1n) is 9.96. The normalized spacial score (nSPS) is 17.9. The van der Waals surface area contributed by atoms with Gasteiger partial charge in [0.05, 0.1) is 5.69 Å². The third-order valence-corrected chi connectivity index (χ3v) is 5.30. The van der Waals surface area contributed by atoms with Crippen molar-refractivity contribution in [3.8, 4) is 16.9 Å². The molecule has 2 aliphatic rings. The Bertz CT molecular complexity index is 1100. The van der Waals surface area contributed by atoms with Crippen molar-refractivity contribution in [1.29, 1.82) is 0 Å². The Labute approximate surface area is 169 Å². The van der Waals surface area contributed by atoms with Crippen molar-refractivity contribution in [3.05, 3.63) is 72.3 Å². The first-order valence-corrected chi connectivity index (χ1v) is 9.96. The number of aliphatic imine (C=N–C) groups is 1. The van der Waals surface area contributed by atoms with Crippen LogP contribution in [0.4, 0.5) is 0 Å². The highest BCUT2D eigenvalue weighted by molar-refractivity contribution is 6.14. The number of para-hydroxylation sites is 1. The average Bonchev–Trinajstić information content (AvgIpc) is 3.22. The van der Waals surface area contributed by atoms with Crippen LogP contribution in [-0.4, -0.2) is 38.0 Å². The van der Waals surface area contributed by atoms with Gasteiger partial charge in [0.25, 0.3) is 5.91 Å². The topological polar surface area (TPSA) is 63.4 Å². The lowest BCUT2D eigenvalue weighted by molar-refractivity contribution is -0.122. The second-order valence-corrected chi connectivity index (χ2v) is 7.28. The van der Waals surface area contributed by atoms with Gasteiger partial charge in [-0.15, -0.1) is 0 Å². The summed E-state index contributed by atoms with van der Waals surface area (Å²) in [5.74, 6) is 0.892. The summed E-state index contributed by atoms with van der Waals surface area (Å²) < 4.78 is 1.83. The highest BCUT2D eigenvalue weighted by Crippen LogP contribution is 2.28. The third-order valence-electron chi connectivity index (χ3n) is 5.30. The van der Waals surface area contributed by atoms with Crippen LogP contribution in [0.2, 0.25) is 0 Å². The van der Waals surface area contributed by atoms with E-state index in [0.29, 0.717) is 5.70 Å². The minimum absolute atomic E-state index is 0.00787. The molecule has 1 aromatic carbocycles. The van der Waals surface area contributed by atoms with Crippen molar-refractivity contribution in [1.82, 2.24) is 19.7 Å². The summed E-state index contributed by atoms with van der Waals surface area (Å²) >= 11 is 0. The smallest absolute Gasteiger partial charge is 0.277 e. The fourth-order valence-corrected chi connectivity index (χ4v) is 3.83. The summed E-state index contributed by atoms with van der Waals surface area (Å²) in [5.41, 5.74) is 3.98.